The van der Waals surface area contributed by atoms with E-state index in [2.05, 4.69) is 65.0 Å². The molecule has 1 aromatic carbocycles. The van der Waals surface area contributed by atoms with E-state index in [1.165, 1.54) is 5.56 Å². The van der Waals surface area contributed by atoms with E-state index in [1.54, 1.807) is 0 Å². The van der Waals surface area contributed by atoms with E-state index in [-0.39, 0.29) is 0 Å². The van der Waals surface area contributed by atoms with Gasteiger partial charge in [-0.15, -0.1) is 0 Å². The lowest BCUT2D eigenvalue weighted by Crippen LogP contribution is -2.49. The number of hydrogen-bond acceptors (Lipinski definition) is 2. The zero-order valence-electron chi connectivity index (χ0n) is 11.9. The molecule has 0 spiro atoms. The Hall–Kier alpha value is -0.380. The number of morpholine rings is 1. The number of alkyl halides is 1. The molecule has 3 atom stereocenters. The van der Waals surface area contributed by atoms with Gasteiger partial charge in [-0.1, -0.05) is 53.2 Å². The molecule has 106 valence electrons. The van der Waals surface area contributed by atoms with E-state index >= 15 is 0 Å². The predicted octanol–water partition coefficient (Wildman–Crippen LogP) is 3.66. The maximum atomic E-state index is 5.78. The van der Waals surface area contributed by atoms with Crippen molar-refractivity contribution < 1.29 is 4.74 Å². The quantitative estimate of drug-likeness (QED) is 0.766. The molecule has 0 aromatic heterocycles. The van der Waals surface area contributed by atoms with Crippen LogP contribution in [-0.2, 0) is 4.74 Å². The molecule has 3 heteroatoms. The Kier molecular flexibility index (Phi) is 5.86. The fourth-order valence-electron chi connectivity index (χ4n) is 2.76. The molecule has 0 N–H and O–H groups in total. The highest BCUT2D eigenvalue weighted by atomic mass is 79.9. The number of nitrogens with zero attached hydrogens (tertiary/aromatic N) is 1. The summed E-state index contributed by atoms with van der Waals surface area (Å²) in [5.41, 5.74) is 1.42. The minimum atomic E-state index is 0.356. The summed E-state index contributed by atoms with van der Waals surface area (Å²) in [4.78, 5) is 2.60. The van der Waals surface area contributed by atoms with E-state index in [0.29, 0.717) is 18.1 Å². The minimum absolute atomic E-state index is 0.356. The number of benzene rings is 1. The average Bonchev–Trinajstić information content (AvgIpc) is 2.46. The van der Waals surface area contributed by atoms with Crippen LogP contribution < -0.4 is 0 Å². The molecule has 1 saturated heterocycles. The van der Waals surface area contributed by atoms with Gasteiger partial charge >= 0.3 is 0 Å². The maximum Gasteiger partial charge on any atom is 0.0674 e. The second kappa shape index (κ2) is 7.41. The van der Waals surface area contributed by atoms with Crippen LogP contribution in [0, 0.1) is 0 Å². The first-order valence-electron chi connectivity index (χ1n) is 7.21. The lowest BCUT2D eigenvalue weighted by Gasteiger charge is -2.40. The van der Waals surface area contributed by atoms with Crippen LogP contribution >= 0.6 is 15.9 Å². The standard InChI is InChI=1S/C16H24BrNO/c1-3-16-12-19-13(2)10-18(16)11-15(9-17)14-7-5-4-6-8-14/h4-8,13,15-16H,3,9-12H2,1-2H3. The Balaban J connectivity index is 2.04. The molecule has 3 unspecified atom stereocenters. The fraction of sp³-hybridized carbons (Fsp3) is 0.625. The zero-order chi connectivity index (χ0) is 13.7. The van der Waals surface area contributed by atoms with E-state index in [0.717, 1.165) is 31.4 Å². The van der Waals surface area contributed by atoms with Gasteiger partial charge in [-0.05, 0) is 18.9 Å². The summed E-state index contributed by atoms with van der Waals surface area (Å²) in [6.07, 6.45) is 1.52. The first-order valence-corrected chi connectivity index (χ1v) is 8.33. The first-order chi connectivity index (χ1) is 9.24. The van der Waals surface area contributed by atoms with Crippen LogP contribution in [-0.4, -0.2) is 42.1 Å². The molecule has 1 fully saturated rings. The maximum absolute atomic E-state index is 5.78. The van der Waals surface area contributed by atoms with Gasteiger partial charge < -0.3 is 4.74 Å². The van der Waals surface area contributed by atoms with Gasteiger partial charge in [0.25, 0.3) is 0 Å². The van der Waals surface area contributed by atoms with Crippen molar-refractivity contribution in [2.24, 2.45) is 0 Å². The van der Waals surface area contributed by atoms with Crippen molar-refractivity contribution >= 4 is 15.9 Å². The third-order valence-corrected chi connectivity index (χ3v) is 4.75. The molecule has 0 amide bonds. The SMILES string of the molecule is CCC1COC(C)CN1CC(CBr)c1ccccc1. The van der Waals surface area contributed by atoms with Gasteiger partial charge in [0.1, 0.15) is 0 Å². The van der Waals surface area contributed by atoms with Gasteiger partial charge in [-0.25, -0.2) is 0 Å². The molecule has 1 aromatic rings. The molecule has 0 radical (unpaired) electrons. The lowest BCUT2D eigenvalue weighted by molar-refractivity contribution is -0.0570. The molecule has 1 heterocycles. The number of ether oxygens (including phenoxy) is 1. The van der Waals surface area contributed by atoms with Crippen molar-refractivity contribution in [3.05, 3.63) is 35.9 Å². The summed E-state index contributed by atoms with van der Waals surface area (Å²) in [7, 11) is 0. The monoisotopic (exact) mass is 325 g/mol. The number of halogens is 1. The third-order valence-electron chi connectivity index (χ3n) is 3.96. The van der Waals surface area contributed by atoms with E-state index in [1.807, 2.05) is 0 Å². The van der Waals surface area contributed by atoms with Crippen molar-refractivity contribution in [2.75, 3.05) is 25.0 Å². The van der Waals surface area contributed by atoms with E-state index in [4.69, 9.17) is 4.74 Å². The molecule has 1 aliphatic rings. The number of rotatable bonds is 5. The van der Waals surface area contributed by atoms with Gasteiger partial charge in [-0.2, -0.15) is 0 Å². The Morgan fingerprint density at radius 2 is 2.11 bits per heavy atom. The normalized spacial score (nSPS) is 26.3. The second-order valence-corrected chi connectivity index (χ2v) is 6.07. The highest BCUT2D eigenvalue weighted by Gasteiger charge is 2.27. The van der Waals surface area contributed by atoms with Crippen LogP contribution in [0.5, 0.6) is 0 Å². The van der Waals surface area contributed by atoms with Crippen molar-refractivity contribution in [3.8, 4) is 0 Å². The van der Waals surface area contributed by atoms with Gasteiger partial charge in [-0.3, -0.25) is 4.90 Å². The minimum Gasteiger partial charge on any atom is -0.376 e. The summed E-state index contributed by atoms with van der Waals surface area (Å²) < 4.78 is 5.78. The predicted molar refractivity (Wildman–Crippen MR) is 84.0 cm³/mol. The van der Waals surface area contributed by atoms with Crippen molar-refractivity contribution in [2.45, 2.75) is 38.3 Å². The van der Waals surface area contributed by atoms with Gasteiger partial charge in [0.15, 0.2) is 0 Å². The summed E-state index contributed by atoms with van der Waals surface area (Å²) in [5, 5.41) is 1.01. The van der Waals surface area contributed by atoms with Crippen LogP contribution in [0.25, 0.3) is 0 Å². The van der Waals surface area contributed by atoms with E-state index < -0.39 is 0 Å². The molecule has 19 heavy (non-hydrogen) atoms. The Morgan fingerprint density at radius 1 is 1.37 bits per heavy atom. The summed E-state index contributed by atoms with van der Waals surface area (Å²) >= 11 is 3.68. The van der Waals surface area contributed by atoms with Crippen LogP contribution in [0.2, 0.25) is 0 Å². The molecular formula is C16H24BrNO. The Labute approximate surface area is 125 Å². The van der Waals surface area contributed by atoms with E-state index in [9.17, 15) is 0 Å². The number of hydrogen-bond donors (Lipinski definition) is 0. The molecule has 0 saturated carbocycles. The fourth-order valence-corrected chi connectivity index (χ4v) is 3.34. The highest BCUT2D eigenvalue weighted by Crippen LogP contribution is 2.23. The van der Waals surface area contributed by atoms with Gasteiger partial charge in [0.2, 0.25) is 0 Å². The van der Waals surface area contributed by atoms with Crippen molar-refractivity contribution in [1.29, 1.82) is 0 Å². The van der Waals surface area contributed by atoms with Crippen molar-refractivity contribution in [3.63, 3.8) is 0 Å². The molecular weight excluding hydrogens is 302 g/mol. The van der Waals surface area contributed by atoms with Crippen LogP contribution in [0.4, 0.5) is 0 Å². The first kappa shape index (κ1) is 15.0. The van der Waals surface area contributed by atoms with Crippen LogP contribution in [0.15, 0.2) is 30.3 Å². The topological polar surface area (TPSA) is 12.5 Å². The zero-order valence-corrected chi connectivity index (χ0v) is 13.5. The molecule has 1 aliphatic heterocycles. The lowest BCUT2D eigenvalue weighted by atomic mass is 9.99. The smallest absolute Gasteiger partial charge is 0.0674 e. The summed E-state index contributed by atoms with van der Waals surface area (Å²) in [5.74, 6) is 0.556. The van der Waals surface area contributed by atoms with Crippen LogP contribution in [0.1, 0.15) is 31.7 Å². The van der Waals surface area contributed by atoms with Crippen LogP contribution in [0.3, 0.4) is 0 Å². The van der Waals surface area contributed by atoms with Gasteiger partial charge in [0.05, 0.1) is 12.7 Å². The molecule has 0 bridgehead atoms. The Bertz CT molecular complexity index is 370. The molecule has 0 aliphatic carbocycles. The average molecular weight is 326 g/mol. The second-order valence-electron chi connectivity index (χ2n) is 5.42. The third kappa shape index (κ3) is 4.04. The Morgan fingerprint density at radius 3 is 2.74 bits per heavy atom. The highest BCUT2D eigenvalue weighted by molar-refractivity contribution is 9.09. The summed E-state index contributed by atoms with van der Waals surface area (Å²) in [6.45, 7) is 7.46. The molecule has 2 rings (SSSR count). The largest absolute Gasteiger partial charge is 0.376 e. The summed E-state index contributed by atoms with van der Waals surface area (Å²) in [6, 6.07) is 11.4. The molecule has 2 nitrogen and oxygen atoms in total. The van der Waals surface area contributed by atoms with Gasteiger partial charge in [0, 0.05) is 30.4 Å². The van der Waals surface area contributed by atoms with Crippen molar-refractivity contribution in [1.82, 2.24) is 4.90 Å².